The third kappa shape index (κ3) is 4.05. The van der Waals surface area contributed by atoms with Crippen molar-refractivity contribution in [2.45, 2.75) is 18.5 Å². The average Bonchev–Trinajstić information content (AvgIpc) is 2.90. The second-order valence-corrected chi connectivity index (χ2v) is 7.06. The van der Waals surface area contributed by atoms with E-state index in [9.17, 15) is 17.6 Å². The fraction of sp³-hybridized carbons (Fsp3) is 0.250. The van der Waals surface area contributed by atoms with Crippen molar-refractivity contribution in [3.63, 3.8) is 0 Å². The Kier molecular flexibility index (Phi) is 4.63. The van der Waals surface area contributed by atoms with Crippen LogP contribution in [0.25, 0.3) is 0 Å². The summed E-state index contributed by atoms with van der Waals surface area (Å²) in [6, 6.07) is 5.53. The highest BCUT2D eigenvalue weighted by Gasteiger charge is 2.18. The summed E-state index contributed by atoms with van der Waals surface area (Å²) >= 11 is 0.801. The van der Waals surface area contributed by atoms with Crippen LogP contribution in [0.15, 0.2) is 29.4 Å². The van der Waals surface area contributed by atoms with E-state index in [0.717, 1.165) is 11.5 Å². The molecule has 0 unspecified atom stereocenters. The van der Waals surface area contributed by atoms with E-state index in [1.54, 1.807) is 0 Å². The number of hydrogen-bond donors (Lipinski definition) is 1. The van der Waals surface area contributed by atoms with Gasteiger partial charge in [-0.3, -0.25) is 4.79 Å². The summed E-state index contributed by atoms with van der Waals surface area (Å²) in [4.78, 5) is 15.6. The van der Waals surface area contributed by atoms with Crippen molar-refractivity contribution in [3.8, 4) is 0 Å². The van der Waals surface area contributed by atoms with Crippen LogP contribution in [-0.2, 0) is 21.1 Å². The van der Waals surface area contributed by atoms with Gasteiger partial charge in [-0.15, -0.1) is 0 Å². The third-order valence-corrected chi connectivity index (χ3v) is 4.83. The molecule has 1 aromatic carbocycles. The van der Waals surface area contributed by atoms with E-state index in [1.807, 2.05) is 0 Å². The lowest BCUT2D eigenvalue weighted by Crippen LogP contribution is -2.14. The molecule has 0 atom stereocenters. The number of carbonyl (C=O) groups is 1. The number of nitrogens with zero attached hydrogens (tertiary/aromatic N) is 2. The first kappa shape index (κ1) is 15.5. The van der Waals surface area contributed by atoms with Crippen molar-refractivity contribution in [2.75, 3.05) is 11.1 Å². The number of amides is 1. The Morgan fingerprint density at radius 2 is 2.00 bits per heavy atom. The summed E-state index contributed by atoms with van der Waals surface area (Å²) in [6.45, 7) is 1.49. The molecule has 0 saturated carbocycles. The SMILES string of the molecule is CCS(=O)(=O)c1nsc(NC(=O)Cc2ccc(F)cc2)n1. The molecular formula is C12H12FN3O3S2. The summed E-state index contributed by atoms with van der Waals surface area (Å²) < 4.78 is 39.6. The standard InChI is InChI=1S/C12H12FN3O3S2/c1-2-21(18,19)12-15-11(20-16-12)14-10(17)7-8-3-5-9(13)6-4-8/h3-6H,2,7H2,1H3,(H,14,15,16,17). The maximum Gasteiger partial charge on any atom is 0.260 e. The predicted octanol–water partition coefficient (Wildman–Crippen LogP) is 1.65. The smallest absolute Gasteiger partial charge is 0.260 e. The minimum Gasteiger partial charge on any atom is -0.300 e. The van der Waals surface area contributed by atoms with Crippen molar-refractivity contribution in [1.82, 2.24) is 9.36 Å². The second-order valence-electron chi connectivity index (χ2n) is 4.14. The van der Waals surface area contributed by atoms with Crippen molar-refractivity contribution < 1.29 is 17.6 Å². The number of halogens is 1. The van der Waals surface area contributed by atoms with Crippen LogP contribution in [0.5, 0.6) is 0 Å². The summed E-state index contributed by atoms with van der Waals surface area (Å²) in [7, 11) is -3.48. The first-order valence-electron chi connectivity index (χ1n) is 6.01. The largest absolute Gasteiger partial charge is 0.300 e. The van der Waals surface area contributed by atoms with E-state index in [1.165, 1.54) is 31.2 Å². The number of sulfone groups is 1. The molecule has 112 valence electrons. The maximum atomic E-state index is 12.7. The van der Waals surface area contributed by atoms with Crippen molar-refractivity contribution in [3.05, 3.63) is 35.6 Å². The van der Waals surface area contributed by atoms with Gasteiger partial charge in [0.05, 0.1) is 12.2 Å². The molecule has 9 heteroatoms. The molecule has 6 nitrogen and oxygen atoms in total. The Balaban J connectivity index is 2.02. The number of benzene rings is 1. The van der Waals surface area contributed by atoms with Crippen LogP contribution in [0.4, 0.5) is 9.52 Å². The number of carbonyl (C=O) groups excluding carboxylic acids is 1. The molecule has 2 rings (SSSR count). The van der Waals surface area contributed by atoms with Crippen LogP contribution >= 0.6 is 11.5 Å². The van der Waals surface area contributed by atoms with E-state index in [2.05, 4.69) is 14.7 Å². The third-order valence-electron chi connectivity index (χ3n) is 2.59. The van der Waals surface area contributed by atoms with Gasteiger partial charge < -0.3 is 5.32 Å². The van der Waals surface area contributed by atoms with Gasteiger partial charge in [-0.25, -0.2) is 12.8 Å². The number of anilines is 1. The molecule has 21 heavy (non-hydrogen) atoms. The molecule has 1 amide bonds. The van der Waals surface area contributed by atoms with Crippen molar-refractivity contribution in [1.29, 1.82) is 0 Å². The number of rotatable bonds is 5. The van der Waals surface area contributed by atoms with Gasteiger partial charge in [-0.2, -0.15) is 9.36 Å². The highest BCUT2D eigenvalue weighted by molar-refractivity contribution is 7.91. The molecule has 0 radical (unpaired) electrons. The Hall–Kier alpha value is -1.87. The summed E-state index contributed by atoms with van der Waals surface area (Å²) in [5, 5.41) is 2.30. The van der Waals surface area contributed by atoms with Gasteiger partial charge >= 0.3 is 0 Å². The van der Waals surface area contributed by atoms with Gasteiger partial charge in [0.25, 0.3) is 5.16 Å². The molecule has 1 N–H and O–H groups in total. The minimum absolute atomic E-state index is 0.0374. The Morgan fingerprint density at radius 1 is 1.33 bits per heavy atom. The van der Waals surface area contributed by atoms with Crippen LogP contribution in [0.2, 0.25) is 0 Å². The molecule has 0 spiro atoms. The summed E-state index contributed by atoms with van der Waals surface area (Å²) in [5.74, 6) is -0.858. The first-order valence-corrected chi connectivity index (χ1v) is 8.44. The fourth-order valence-corrected chi connectivity index (χ4v) is 3.07. The molecular weight excluding hydrogens is 317 g/mol. The second kappa shape index (κ2) is 6.27. The van der Waals surface area contributed by atoms with Crippen molar-refractivity contribution >= 4 is 32.4 Å². The Bertz CT molecular complexity index is 741. The quantitative estimate of drug-likeness (QED) is 0.901. The normalized spacial score (nSPS) is 11.3. The van der Waals surface area contributed by atoms with E-state index in [4.69, 9.17) is 0 Å². The number of aromatic nitrogens is 2. The van der Waals surface area contributed by atoms with Gasteiger partial charge in [0.2, 0.25) is 20.9 Å². The molecule has 0 saturated heterocycles. The molecule has 2 aromatic rings. The van der Waals surface area contributed by atoms with Gasteiger partial charge in [0.15, 0.2) is 0 Å². The van der Waals surface area contributed by atoms with Gasteiger partial charge in [0, 0.05) is 11.5 Å². The lowest BCUT2D eigenvalue weighted by molar-refractivity contribution is -0.115. The van der Waals surface area contributed by atoms with Crippen LogP contribution in [0.3, 0.4) is 0 Å². The van der Waals surface area contributed by atoms with Gasteiger partial charge in [0.1, 0.15) is 5.82 Å². The fourth-order valence-electron chi connectivity index (χ4n) is 1.47. The lowest BCUT2D eigenvalue weighted by Gasteiger charge is -2.01. The number of hydrogen-bond acceptors (Lipinski definition) is 6. The van der Waals surface area contributed by atoms with Gasteiger partial charge in [-0.05, 0) is 17.7 Å². The van der Waals surface area contributed by atoms with Crippen molar-refractivity contribution in [2.24, 2.45) is 0 Å². The Morgan fingerprint density at radius 3 is 2.62 bits per heavy atom. The predicted molar refractivity (Wildman–Crippen MR) is 76.4 cm³/mol. The Labute approximate surface area is 125 Å². The van der Waals surface area contributed by atoms with E-state index in [0.29, 0.717) is 5.56 Å². The van der Waals surface area contributed by atoms with Crippen LogP contribution in [0.1, 0.15) is 12.5 Å². The average molecular weight is 329 g/mol. The first-order chi connectivity index (χ1) is 9.90. The van der Waals surface area contributed by atoms with E-state index in [-0.39, 0.29) is 34.2 Å². The topological polar surface area (TPSA) is 89.0 Å². The molecule has 1 heterocycles. The molecule has 0 bridgehead atoms. The van der Waals surface area contributed by atoms with Crippen LogP contribution < -0.4 is 5.32 Å². The summed E-state index contributed by atoms with van der Waals surface area (Å²) in [6.07, 6.45) is 0.0374. The summed E-state index contributed by atoms with van der Waals surface area (Å²) in [5.41, 5.74) is 0.639. The maximum absolute atomic E-state index is 12.7. The molecule has 0 aliphatic rings. The zero-order valence-corrected chi connectivity index (χ0v) is 12.7. The lowest BCUT2D eigenvalue weighted by atomic mass is 10.1. The molecule has 0 fully saturated rings. The molecule has 1 aromatic heterocycles. The zero-order valence-electron chi connectivity index (χ0n) is 11.0. The van der Waals surface area contributed by atoms with Gasteiger partial charge in [-0.1, -0.05) is 19.1 Å². The molecule has 0 aliphatic carbocycles. The highest BCUT2D eigenvalue weighted by Crippen LogP contribution is 2.16. The highest BCUT2D eigenvalue weighted by atomic mass is 32.2. The van der Waals surface area contributed by atoms with E-state index < -0.39 is 9.84 Å². The molecule has 0 aliphatic heterocycles. The minimum atomic E-state index is -3.48. The zero-order chi connectivity index (χ0) is 15.5. The monoisotopic (exact) mass is 329 g/mol. The van der Waals surface area contributed by atoms with E-state index >= 15 is 0 Å². The number of nitrogens with one attached hydrogen (secondary N) is 1. The van der Waals surface area contributed by atoms with Crippen LogP contribution in [-0.4, -0.2) is 29.4 Å². The van der Waals surface area contributed by atoms with Crippen LogP contribution in [0, 0.1) is 5.82 Å².